The van der Waals surface area contributed by atoms with Gasteiger partial charge in [-0.05, 0) is 48.7 Å². The first kappa shape index (κ1) is 13.6. The van der Waals surface area contributed by atoms with E-state index in [1.54, 1.807) is 30.0 Å². The molecule has 2 aromatic rings. The van der Waals surface area contributed by atoms with Crippen LogP contribution in [0.15, 0.2) is 42.5 Å². The first-order valence-corrected chi connectivity index (χ1v) is 7.04. The summed E-state index contributed by atoms with van der Waals surface area (Å²) in [6, 6.07) is 12.7. The maximum absolute atomic E-state index is 12.7. The lowest BCUT2D eigenvalue weighted by molar-refractivity contribution is 0.0984. The van der Waals surface area contributed by atoms with Crippen LogP contribution in [-0.4, -0.2) is 17.6 Å². The van der Waals surface area contributed by atoms with Crippen molar-refractivity contribution in [2.75, 3.05) is 11.4 Å². The van der Waals surface area contributed by atoms with Crippen molar-refractivity contribution in [2.24, 2.45) is 5.73 Å². The second kappa shape index (κ2) is 5.22. The predicted octanol–water partition coefficient (Wildman–Crippen LogP) is 2.75. The molecule has 0 radical (unpaired) electrons. The molecule has 21 heavy (non-hydrogen) atoms. The van der Waals surface area contributed by atoms with Crippen LogP contribution < -0.4 is 10.6 Å². The molecule has 3 N–H and O–H groups in total. The molecule has 4 nitrogen and oxygen atoms in total. The summed E-state index contributed by atoms with van der Waals surface area (Å²) < 4.78 is 0. The van der Waals surface area contributed by atoms with Crippen LogP contribution in [-0.2, 0) is 0 Å². The van der Waals surface area contributed by atoms with Gasteiger partial charge in [-0.1, -0.05) is 18.2 Å². The number of fused-ring (bicyclic) bond motifs is 1. The smallest absolute Gasteiger partial charge is 0.258 e. The number of hydrogen-bond donors (Lipinski definition) is 2. The molecule has 0 bridgehead atoms. The standard InChI is InChI=1S/C17H18N2O2/c1-11-10-12(6-7-16(11)20)17(21)19-9-8-14(18)13-4-2-3-5-15(13)19/h2-7,10,14,20H,8-9,18H2,1H3. The number of carbonyl (C=O) groups is 1. The number of phenolic OH excluding ortho intramolecular Hbond substituents is 1. The number of aryl methyl sites for hydroxylation is 1. The summed E-state index contributed by atoms with van der Waals surface area (Å²) in [5, 5.41) is 9.59. The molecule has 1 unspecified atom stereocenters. The minimum atomic E-state index is -0.0579. The maximum atomic E-state index is 12.7. The molecular formula is C17H18N2O2. The highest BCUT2D eigenvalue weighted by Gasteiger charge is 2.27. The van der Waals surface area contributed by atoms with E-state index in [4.69, 9.17) is 5.73 Å². The Bertz CT molecular complexity index is 697. The van der Waals surface area contributed by atoms with Crippen molar-refractivity contribution in [1.29, 1.82) is 0 Å². The molecule has 1 aliphatic heterocycles. The van der Waals surface area contributed by atoms with Crippen LogP contribution >= 0.6 is 0 Å². The molecule has 0 saturated heterocycles. The highest BCUT2D eigenvalue weighted by Crippen LogP contribution is 2.33. The zero-order chi connectivity index (χ0) is 15.0. The van der Waals surface area contributed by atoms with Gasteiger partial charge in [-0.2, -0.15) is 0 Å². The Labute approximate surface area is 123 Å². The lowest BCUT2D eigenvalue weighted by atomic mass is 9.96. The minimum Gasteiger partial charge on any atom is -0.508 e. The van der Waals surface area contributed by atoms with Crippen molar-refractivity contribution in [1.82, 2.24) is 0 Å². The summed E-state index contributed by atoms with van der Waals surface area (Å²) in [5.41, 5.74) is 9.29. The summed E-state index contributed by atoms with van der Waals surface area (Å²) >= 11 is 0. The zero-order valence-electron chi connectivity index (χ0n) is 11.9. The summed E-state index contributed by atoms with van der Waals surface area (Å²) in [6.45, 7) is 2.39. The molecule has 2 aromatic carbocycles. The Balaban J connectivity index is 1.99. The lowest BCUT2D eigenvalue weighted by Gasteiger charge is -2.32. The van der Waals surface area contributed by atoms with Gasteiger partial charge < -0.3 is 15.7 Å². The van der Waals surface area contributed by atoms with E-state index in [0.29, 0.717) is 17.7 Å². The zero-order valence-corrected chi connectivity index (χ0v) is 11.9. The topological polar surface area (TPSA) is 66.6 Å². The maximum Gasteiger partial charge on any atom is 0.258 e. The molecule has 3 rings (SSSR count). The Kier molecular flexibility index (Phi) is 3.39. The van der Waals surface area contributed by atoms with E-state index in [0.717, 1.165) is 17.7 Å². The van der Waals surface area contributed by atoms with Crippen LogP contribution in [0, 0.1) is 6.92 Å². The molecule has 1 aliphatic rings. The van der Waals surface area contributed by atoms with Gasteiger partial charge in [0.25, 0.3) is 5.91 Å². The number of carbonyl (C=O) groups excluding carboxylic acids is 1. The fraction of sp³-hybridized carbons (Fsp3) is 0.235. The van der Waals surface area contributed by atoms with Gasteiger partial charge >= 0.3 is 0 Å². The van der Waals surface area contributed by atoms with Crippen molar-refractivity contribution < 1.29 is 9.90 Å². The summed E-state index contributed by atoms with van der Waals surface area (Å²) in [5.74, 6) is 0.144. The second-order valence-corrected chi connectivity index (χ2v) is 5.41. The number of rotatable bonds is 1. The van der Waals surface area contributed by atoms with Gasteiger partial charge in [-0.3, -0.25) is 4.79 Å². The van der Waals surface area contributed by atoms with E-state index in [9.17, 15) is 9.90 Å². The molecule has 0 saturated carbocycles. The van der Waals surface area contributed by atoms with E-state index in [-0.39, 0.29) is 17.7 Å². The highest BCUT2D eigenvalue weighted by atomic mass is 16.3. The normalized spacial score (nSPS) is 17.4. The lowest BCUT2D eigenvalue weighted by Crippen LogP contribution is -2.38. The van der Waals surface area contributed by atoms with E-state index in [1.807, 2.05) is 24.3 Å². The van der Waals surface area contributed by atoms with Crippen LogP contribution in [0.5, 0.6) is 5.75 Å². The fourth-order valence-corrected chi connectivity index (χ4v) is 2.75. The number of anilines is 1. The average molecular weight is 282 g/mol. The number of aromatic hydroxyl groups is 1. The van der Waals surface area contributed by atoms with Crippen molar-refractivity contribution in [2.45, 2.75) is 19.4 Å². The van der Waals surface area contributed by atoms with Crippen LogP contribution in [0.4, 0.5) is 5.69 Å². The SMILES string of the molecule is Cc1cc(C(=O)N2CCC(N)c3ccccc32)ccc1O. The molecule has 0 spiro atoms. The number of para-hydroxylation sites is 1. The monoisotopic (exact) mass is 282 g/mol. The van der Waals surface area contributed by atoms with Crippen molar-refractivity contribution in [3.05, 3.63) is 59.2 Å². The predicted molar refractivity (Wildman–Crippen MR) is 82.5 cm³/mol. The van der Waals surface area contributed by atoms with Crippen LogP contribution in [0.1, 0.15) is 33.9 Å². The molecule has 0 aliphatic carbocycles. The minimum absolute atomic E-state index is 0.0215. The fourth-order valence-electron chi connectivity index (χ4n) is 2.75. The molecular weight excluding hydrogens is 264 g/mol. The second-order valence-electron chi connectivity index (χ2n) is 5.41. The third-order valence-corrected chi connectivity index (χ3v) is 3.98. The van der Waals surface area contributed by atoms with E-state index < -0.39 is 0 Å². The van der Waals surface area contributed by atoms with Crippen LogP contribution in [0.2, 0.25) is 0 Å². The number of hydrogen-bond acceptors (Lipinski definition) is 3. The van der Waals surface area contributed by atoms with Gasteiger partial charge in [0, 0.05) is 23.8 Å². The van der Waals surface area contributed by atoms with E-state index in [2.05, 4.69) is 0 Å². The Morgan fingerprint density at radius 1 is 1.29 bits per heavy atom. The van der Waals surface area contributed by atoms with Gasteiger partial charge in [-0.15, -0.1) is 0 Å². The average Bonchev–Trinajstić information content (AvgIpc) is 2.50. The molecule has 1 amide bonds. The number of phenols is 1. The number of benzene rings is 2. The first-order valence-electron chi connectivity index (χ1n) is 7.04. The Morgan fingerprint density at radius 2 is 2.05 bits per heavy atom. The number of amides is 1. The van der Waals surface area contributed by atoms with Crippen molar-refractivity contribution >= 4 is 11.6 Å². The third kappa shape index (κ3) is 2.38. The van der Waals surface area contributed by atoms with Crippen molar-refractivity contribution in [3.63, 3.8) is 0 Å². The third-order valence-electron chi connectivity index (χ3n) is 3.98. The molecule has 0 fully saturated rings. The van der Waals surface area contributed by atoms with Gasteiger partial charge in [0.2, 0.25) is 0 Å². The number of nitrogens with zero attached hydrogens (tertiary/aromatic N) is 1. The van der Waals surface area contributed by atoms with Crippen LogP contribution in [0.3, 0.4) is 0 Å². The summed E-state index contributed by atoms with van der Waals surface area (Å²) in [6.07, 6.45) is 0.750. The summed E-state index contributed by atoms with van der Waals surface area (Å²) in [4.78, 5) is 14.5. The molecule has 1 atom stereocenters. The quantitative estimate of drug-likeness (QED) is 0.845. The first-order chi connectivity index (χ1) is 10.1. The largest absolute Gasteiger partial charge is 0.508 e. The Morgan fingerprint density at radius 3 is 2.81 bits per heavy atom. The van der Waals surface area contributed by atoms with E-state index in [1.165, 1.54) is 0 Å². The Hall–Kier alpha value is -2.33. The van der Waals surface area contributed by atoms with Gasteiger partial charge in [0.15, 0.2) is 0 Å². The van der Waals surface area contributed by atoms with Gasteiger partial charge in [0.1, 0.15) is 5.75 Å². The molecule has 108 valence electrons. The summed E-state index contributed by atoms with van der Waals surface area (Å²) in [7, 11) is 0. The highest BCUT2D eigenvalue weighted by molar-refractivity contribution is 6.07. The molecule has 4 heteroatoms. The van der Waals surface area contributed by atoms with Gasteiger partial charge in [-0.25, -0.2) is 0 Å². The van der Waals surface area contributed by atoms with E-state index >= 15 is 0 Å². The van der Waals surface area contributed by atoms with Gasteiger partial charge in [0.05, 0.1) is 0 Å². The molecule has 1 heterocycles. The van der Waals surface area contributed by atoms with Crippen LogP contribution in [0.25, 0.3) is 0 Å². The number of nitrogens with two attached hydrogens (primary N) is 1. The van der Waals surface area contributed by atoms with Crippen molar-refractivity contribution in [3.8, 4) is 5.75 Å². The molecule has 0 aromatic heterocycles.